The molecule has 0 radical (unpaired) electrons. The fourth-order valence-electron chi connectivity index (χ4n) is 3.32. The Bertz CT molecular complexity index is 590. The summed E-state index contributed by atoms with van der Waals surface area (Å²) in [7, 11) is 1.34. The minimum atomic E-state index is -0.415. The zero-order valence-electron chi connectivity index (χ0n) is 13.3. The second-order valence-electron chi connectivity index (χ2n) is 6.05. The number of amides is 2. The van der Waals surface area contributed by atoms with Gasteiger partial charge in [-0.15, -0.1) is 0 Å². The van der Waals surface area contributed by atoms with Crippen LogP contribution in [-0.2, 0) is 9.47 Å². The monoisotopic (exact) mass is 318 g/mol. The Kier molecular flexibility index (Phi) is 4.81. The van der Waals surface area contributed by atoms with Gasteiger partial charge in [0.05, 0.1) is 18.8 Å². The van der Waals surface area contributed by atoms with Gasteiger partial charge in [0, 0.05) is 31.3 Å². The zero-order chi connectivity index (χ0) is 16.2. The molecule has 2 aliphatic rings. The van der Waals surface area contributed by atoms with Crippen molar-refractivity contribution < 1.29 is 19.1 Å². The molecule has 0 bridgehead atoms. The van der Waals surface area contributed by atoms with Crippen LogP contribution in [0.4, 0.5) is 10.5 Å². The summed E-state index contributed by atoms with van der Waals surface area (Å²) >= 11 is 0. The first kappa shape index (κ1) is 15.8. The number of nitrogens with zero attached hydrogens (tertiary/aromatic N) is 1. The molecule has 1 N–H and O–H groups in total. The number of likely N-dealkylation sites (tertiary alicyclic amines) is 1. The SMILES string of the molecule is COC(=O)c1cccc(NC(=O)N2CC[C@@H]3OCCC[C@@H]3C2)c1. The summed E-state index contributed by atoms with van der Waals surface area (Å²) in [5, 5.41) is 2.86. The molecule has 0 aliphatic carbocycles. The first-order chi connectivity index (χ1) is 11.2. The van der Waals surface area contributed by atoms with Crippen molar-refractivity contribution >= 4 is 17.7 Å². The normalized spacial score (nSPS) is 23.8. The van der Waals surface area contributed by atoms with Crippen LogP contribution in [-0.4, -0.2) is 49.8 Å². The number of urea groups is 1. The van der Waals surface area contributed by atoms with Gasteiger partial charge in [-0.1, -0.05) is 6.07 Å². The molecule has 0 spiro atoms. The molecular weight excluding hydrogens is 296 g/mol. The molecule has 124 valence electrons. The number of hydrogen-bond donors (Lipinski definition) is 1. The average molecular weight is 318 g/mol. The van der Waals surface area contributed by atoms with Crippen molar-refractivity contribution in [2.75, 3.05) is 32.1 Å². The van der Waals surface area contributed by atoms with Crippen LogP contribution >= 0.6 is 0 Å². The third-order valence-electron chi connectivity index (χ3n) is 4.54. The number of anilines is 1. The fourth-order valence-corrected chi connectivity index (χ4v) is 3.32. The van der Waals surface area contributed by atoms with Gasteiger partial charge in [-0.25, -0.2) is 9.59 Å². The third-order valence-corrected chi connectivity index (χ3v) is 4.54. The highest BCUT2D eigenvalue weighted by Crippen LogP contribution is 2.28. The number of piperidine rings is 1. The van der Waals surface area contributed by atoms with Gasteiger partial charge in [0.15, 0.2) is 0 Å². The van der Waals surface area contributed by atoms with Crippen molar-refractivity contribution in [2.45, 2.75) is 25.4 Å². The lowest BCUT2D eigenvalue weighted by atomic mass is 9.89. The molecule has 2 saturated heterocycles. The molecule has 1 aromatic carbocycles. The number of carbonyl (C=O) groups excluding carboxylic acids is 2. The van der Waals surface area contributed by atoms with Gasteiger partial charge in [0.2, 0.25) is 0 Å². The van der Waals surface area contributed by atoms with E-state index >= 15 is 0 Å². The highest BCUT2D eigenvalue weighted by molar-refractivity contribution is 5.93. The van der Waals surface area contributed by atoms with E-state index in [1.54, 1.807) is 24.3 Å². The topological polar surface area (TPSA) is 67.9 Å². The van der Waals surface area contributed by atoms with Gasteiger partial charge in [0.1, 0.15) is 0 Å². The van der Waals surface area contributed by atoms with E-state index in [4.69, 9.17) is 9.47 Å². The van der Waals surface area contributed by atoms with E-state index in [-0.39, 0.29) is 6.03 Å². The number of hydrogen-bond acceptors (Lipinski definition) is 4. The quantitative estimate of drug-likeness (QED) is 0.851. The molecule has 2 heterocycles. The van der Waals surface area contributed by atoms with Crippen LogP contribution in [0.3, 0.4) is 0 Å². The smallest absolute Gasteiger partial charge is 0.337 e. The summed E-state index contributed by atoms with van der Waals surface area (Å²) in [4.78, 5) is 25.8. The van der Waals surface area contributed by atoms with Gasteiger partial charge in [0.25, 0.3) is 0 Å². The summed E-state index contributed by atoms with van der Waals surface area (Å²) in [5.41, 5.74) is 1.02. The van der Waals surface area contributed by atoms with Crippen LogP contribution in [0.25, 0.3) is 0 Å². The van der Waals surface area contributed by atoms with Crippen molar-refractivity contribution in [2.24, 2.45) is 5.92 Å². The van der Waals surface area contributed by atoms with Crippen LogP contribution in [0, 0.1) is 5.92 Å². The number of benzene rings is 1. The van der Waals surface area contributed by atoms with Crippen LogP contribution in [0.15, 0.2) is 24.3 Å². The van der Waals surface area contributed by atoms with Gasteiger partial charge < -0.3 is 19.7 Å². The lowest BCUT2D eigenvalue weighted by molar-refractivity contribution is -0.0578. The summed E-state index contributed by atoms with van der Waals surface area (Å²) < 4.78 is 10.5. The Labute approximate surface area is 135 Å². The Morgan fingerprint density at radius 1 is 1.35 bits per heavy atom. The molecule has 0 saturated carbocycles. The van der Waals surface area contributed by atoms with E-state index < -0.39 is 5.97 Å². The molecule has 2 fully saturated rings. The Hall–Kier alpha value is -2.08. The summed E-state index contributed by atoms with van der Waals surface area (Å²) in [6, 6.07) is 6.65. The molecule has 6 heteroatoms. The summed E-state index contributed by atoms with van der Waals surface area (Å²) in [6.45, 7) is 2.27. The van der Waals surface area contributed by atoms with E-state index in [1.807, 2.05) is 4.90 Å². The molecule has 2 atom stereocenters. The van der Waals surface area contributed by atoms with Crippen LogP contribution in [0.1, 0.15) is 29.6 Å². The number of nitrogens with one attached hydrogen (secondary N) is 1. The van der Waals surface area contributed by atoms with Crippen molar-refractivity contribution in [3.05, 3.63) is 29.8 Å². The highest BCUT2D eigenvalue weighted by atomic mass is 16.5. The molecule has 0 unspecified atom stereocenters. The summed E-state index contributed by atoms with van der Waals surface area (Å²) in [5.74, 6) is 0.0194. The largest absolute Gasteiger partial charge is 0.465 e. The number of esters is 1. The molecule has 1 aromatic rings. The number of fused-ring (bicyclic) bond motifs is 1. The Morgan fingerprint density at radius 2 is 2.22 bits per heavy atom. The minimum Gasteiger partial charge on any atom is -0.465 e. The molecule has 2 aliphatic heterocycles. The molecule has 6 nitrogen and oxygen atoms in total. The van der Waals surface area contributed by atoms with Crippen LogP contribution in [0.2, 0.25) is 0 Å². The Morgan fingerprint density at radius 3 is 3.04 bits per heavy atom. The second-order valence-corrected chi connectivity index (χ2v) is 6.05. The molecule has 0 aromatic heterocycles. The van der Waals surface area contributed by atoms with Crippen molar-refractivity contribution in [3.8, 4) is 0 Å². The number of rotatable bonds is 2. The van der Waals surface area contributed by atoms with Gasteiger partial charge in [-0.05, 0) is 37.5 Å². The number of methoxy groups -OCH3 is 1. The lowest BCUT2D eigenvalue weighted by Crippen LogP contribution is -2.49. The highest BCUT2D eigenvalue weighted by Gasteiger charge is 2.33. The fraction of sp³-hybridized carbons (Fsp3) is 0.529. The molecular formula is C17H22N2O4. The molecule has 23 heavy (non-hydrogen) atoms. The molecule has 3 rings (SSSR count). The lowest BCUT2D eigenvalue weighted by Gasteiger charge is -2.40. The van der Waals surface area contributed by atoms with Crippen molar-refractivity contribution in [1.82, 2.24) is 4.90 Å². The van der Waals surface area contributed by atoms with Crippen molar-refractivity contribution in [1.29, 1.82) is 0 Å². The first-order valence-electron chi connectivity index (χ1n) is 8.03. The first-order valence-corrected chi connectivity index (χ1v) is 8.03. The van der Waals surface area contributed by atoms with Gasteiger partial charge in [-0.2, -0.15) is 0 Å². The predicted octanol–water partition coefficient (Wildman–Crippen LogP) is 2.51. The maximum absolute atomic E-state index is 12.5. The van der Waals surface area contributed by atoms with Crippen molar-refractivity contribution in [3.63, 3.8) is 0 Å². The maximum atomic E-state index is 12.5. The van der Waals surface area contributed by atoms with E-state index in [1.165, 1.54) is 7.11 Å². The van der Waals surface area contributed by atoms with E-state index in [9.17, 15) is 9.59 Å². The maximum Gasteiger partial charge on any atom is 0.337 e. The standard InChI is InChI=1S/C17H22N2O4/c1-22-16(20)12-4-2-6-14(10-12)18-17(21)19-8-7-15-13(11-19)5-3-9-23-15/h2,4,6,10,13,15H,3,5,7-9,11H2,1H3,(H,18,21)/t13-,15+/m1/s1. The third kappa shape index (κ3) is 3.64. The van der Waals surface area contributed by atoms with Gasteiger partial charge >= 0.3 is 12.0 Å². The van der Waals surface area contributed by atoms with E-state index in [2.05, 4.69) is 5.32 Å². The Balaban J connectivity index is 1.62. The van der Waals surface area contributed by atoms with E-state index in [0.29, 0.717) is 29.8 Å². The number of ether oxygens (including phenoxy) is 2. The zero-order valence-corrected chi connectivity index (χ0v) is 13.3. The van der Waals surface area contributed by atoms with Gasteiger partial charge in [-0.3, -0.25) is 0 Å². The summed E-state index contributed by atoms with van der Waals surface area (Å²) in [6.07, 6.45) is 3.38. The molecule has 2 amide bonds. The number of carbonyl (C=O) groups is 2. The van der Waals surface area contributed by atoms with Crippen LogP contribution < -0.4 is 5.32 Å². The van der Waals surface area contributed by atoms with Crippen LogP contribution in [0.5, 0.6) is 0 Å². The predicted molar refractivity (Wildman–Crippen MR) is 85.5 cm³/mol. The average Bonchev–Trinajstić information content (AvgIpc) is 2.60. The van der Waals surface area contributed by atoms with E-state index in [0.717, 1.165) is 32.4 Å². The second kappa shape index (κ2) is 7.00. The minimum absolute atomic E-state index is 0.129.